The van der Waals surface area contributed by atoms with E-state index >= 15 is 0 Å². The van der Waals surface area contributed by atoms with Crippen molar-refractivity contribution < 1.29 is 38.1 Å². The molecule has 4 aromatic rings. The second-order valence-electron chi connectivity index (χ2n) is 13.0. The van der Waals surface area contributed by atoms with E-state index in [-0.39, 0.29) is 47.5 Å². The number of rotatable bonds is 10. The molecule has 0 N–H and O–H groups in total. The van der Waals surface area contributed by atoms with E-state index in [4.69, 9.17) is 28.9 Å². The Labute approximate surface area is 293 Å². The average molecular weight is 707 g/mol. The second kappa shape index (κ2) is 15.3. The first-order valence-electron chi connectivity index (χ1n) is 17.1. The smallest absolute Gasteiger partial charge is 0.309 e. The van der Waals surface area contributed by atoms with Gasteiger partial charge in [0.1, 0.15) is 12.2 Å². The number of hydrogen-bond acceptors (Lipinski definition) is 12. The Balaban J connectivity index is 1.26. The van der Waals surface area contributed by atoms with Gasteiger partial charge in [0.05, 0.1) is 58.3 Å². The van der Waals surface area contributed by atoms with E-state index in [1.807, 2.05) is 50.2 Å². The van der Waals surface area contributed by atoms with E-state index in [2.05, 4.69) is 0 Å². The quantitative estimate of drug-likeness (QED) is 0.118. The molecule has 2 heterocycles. The maximum absolute atomic E-state index is 13.4. The summed E-state index contributed by atoms with van der Waals surface area (Å²) in [5.74, 6) is -1.88. The van der Waals surface area contributed by atoms with E-state index in [9.17, 15) is 19.2 Å². The minimum Gasteiger partial charge on any atom is -0.469 e. The average Bonchev–Trinajstić information content (AvgIpc) is 3.78. The lowest BCUT2D eigenvalue weighted by atomic mass is 9.82. The van der Waals surface area contributed by atoms with E-state index in [0.717, 1.165) is 36.1 Å². The molecular weight excluding hydrogens is 665 g/mol. The first-order valence-corrected chi connectivity index (χ1v) is 18.7. The zero-order valence-corrected chi connectivity index (χ0v) is 29.9. The number of ether oxygens (including phenoxy) is 4. The van der Waals surface area contributed by atoms with Crippen LogP contribution in [0.15, 0.2) is 36.4 Å². The van der Waals surface area contributed by atoms with Gasteiger partial charge in [-0.2, -0.15) is 0 Å². The van der Waals surface area contributed by atoms with Gasteiger partial charge in [0.15, 0.2) is 10.0 Å². The van der Waals surface area contributed by atoms with Crippen LogP contribution in [0.25, 0.3) is 30.4 Å². The number of carbonyl (C=O) groups is 4. The summed E-state index contributed by atoms with van der Waals surface area (Å²) < 4.78 is 24.0. The Morgan fingerprint density at radius 2 is 1.20 bits per heavy atom. The number of hydrogen-bond donors (Lipinski definition) is 0. The van der Waals surface area contributed by atoms with Crippen molar-refractivity contribution in [2.24, 2.45) is 23.7 Å². The lowest BCUT2D eigenvalue weighted by Crippen LogP contribution is -2.28. The molecule has 2 aromatic heterocycles. The van der Waals surface area contributed by atoms with Crippen LogP contribution in [0.5, 0.6) is 0 Å². The maximum atomic E-state index is 13.4. The summed E-state index contributed by atoms with van der Waals surface area (Å²) in [6.07, 6.45) is 4.19. The second-order valence-corrected chi connectivity index (χ2v) is 15.0. The number of methoxy groups -OCH3 is 2. The number of fused-ring (bicyclic) bond motifs is 2. The highest BCUT2D eigenvalue weighted by Crippen LogP contribution is 2.43. The number of carbonyl (C=O) groups excluding carboxylic acids is 4. The van der Waals surface area contributed by atoms with Gasteiger partial charge in [-0.1, -0.05) is 31.2 Å². The zero-order valence-electron chi connectivity index (χ0n) is 28.3. The fourth-order valence-corrected chi connectivity index (χ4v) is 9.22. The van der Waals surface area contributed by atoms with Gasteiger partial charge in [0.25, 0.3) is 0 Å². The Kier molecular flexibility index (Phi) is 10.9. The lowest BCUT2D eigenvalue weighted by Gasteiger charge is -2.28. The van der Waals surface area contributed by atoms with Crippen LogP contribution < -0.4 is 0 Å². The van der Waals surface area contributed by atoms with Gasteiger partial charge in [0.2, 0.25) is 0 Å². The van der Waals surface area contributed by atoms with Gasteiger partial charge in [-0.05, 0) is 76.8 Å². The lowest BCUT2D eigenvalue weighted by molar-refractivity contribution is -0.158. The highest BCUT2D eigenvalue weighted by molar-refractivity contribution is 7.27. The van der Waals surface area contributed by atoms with Crippen molar-refractivity contribution >= 4 is 67.0 Å². The largest absolute Gasteiger partial charge is 0.469 e. The molecule has 0 radical (unpaired) electrons. The van der Waals surface area contributed by atoms with E-state index in [0.29, 0.717) is 63.3 Å². The van der Waals surface area contributed by atoms with E-state index in [1.165, 1.54) is 25.6 Å². The fourth-order valence-electron chi connectivity index (χ4n) is 7.08. The Bertz CT molecular complexity index is 1800. The van der Waals surface area contributed by atoms with Gasteiger partial charge >= 0.3 is 23.9 Å². The highest BCUT2D eigenvalue weighted by atomic mass is 32.1. The number of nitrogens with zero attached hydrogens (tertiary/aromatic N) is 2. The molecule has 0 amide bonds. The SMILES string of the molecule is CCC(OC(=O)C1CCC(C(=O)OC)CC1)c1ccc(C(C)OC(=O)C2CCC(C(=O)OC)CC2)c2nc(-c3nc4ccccc4s3)sc12. The van der Waals surface area contributed by atoms with Crippen molar-refractivity contribution in [2.75, 3.05) is 14.2 Å². The number of para-hydroxylation sites is 1. The summed E-state index contributed by atoms with van der Waals surface area (Å²) in [5.41, 5.74) is 3.21. The number of aromatic nitrogens is 2. The van der Waals surface area contributed by atoms with Crippen LogP contribution in [0.3, 0.4) is 0 Å². The summed E-state index contributed by atoms with van der Waals surface area (Å²) in [7, 11) is 2.79. The molecule has 2 saturated carbocycles. The van der Waals surface area contributed by atoms with Crippen molar-refractivity contribution in [3.05, 3.63) is 47.5 Å². The van der Waals surface area contributed by atoms with E-state index < -0.39 is 12.2 Å². The van der Waals surface area contributed by atoms with Gasteiger partial charge in [0, 0.05) is 11.1 Å². The van der Waals surface area contributed by atoms with Crippen molar-refractivity contribution in [1.82, 2.24) is 9.97 Å². The summed E-state index contributed by atoms with van der Waals surface area (Å²) in [6, 6.07) is 11.8. The minimum absolute atomic E-state index is 0.174. The Morgan fingerprint density at radius 3 is 1.76 bits per heavy atom. The van der Waals surface area contributed by atoms with Crippen LogP contribution >= 0.6 is 22.7 Å². The summed E-state index contributed by atoms with van der Waals surface area (Å²) >= 11 is 3.06. The highest BCUT2D eigenvalue weighted by Gasteiger charge is 2.35. The van der Waals surface area contributed by atoms with Crippen LogP contribution in [0.4, 0.5) is 0 Å². The van der Waals surface area contributed by atoms with Crippen molar-refractivity contribution in [3.63, 3.8) is 0 Å². The molecule has 0 bridgehead atoms. The normalized spacial score (nSPS) is 22.3. The summed E-state index contributed by atoms with van der Waals surface area (Å²) in [5, 5.41) is 1.53. The van der Waals surface area contributed by atoms with Gasteiger partial charge in [-0.3, -0.25) is 19.2 Å². The van der Waals surface area contributed by atoms with Gasteiger partial charge in [-0.15, -0.1) is 22.7 Å². The van der Waals surface area contributed by atoms with Crippen molar-refractivity contribution in [2.45, 2.75) is 83.8 Å². The zero-order chi connectivity index (χ0) is 34.7. The third kappa shape index (κ3) is 7.50. The van der Waals surface area contributed by atoms with Crippen LogP contribution in [-0.2, 0) is 38.1 Å². The third-order valence-electron chi connectivity index (χ3n) is 9.98. The molecule has 2 aromatic carbocycles. The molecule has 260 valence electrons. The molecule has 12 heteroatoms. The van der Waals surface area contributed by atoms with Crippen LogP contribution in [0, 0.1) is 23.7 Å². The predicted octanol–water partition coefficient (Wildman–Crippen LogP) is 8.13. The molecule has 0 saturated heterocycles. The molecule has 2 aliphatic carbocycles. The molecule has 10 nitrogen and oxygen atoms in total. The number of benzene rings is 2. The monoisotopic (exact) mass is 706 g/mol. The third-order valence-corrected chi connectivity index (χ3v) is 12.3. The molecule has 0 spiro atoms. The molecule has 2 fully saturated rings. The van der Waals surface area contributed by atoms with Crippen molar-refractivity contribution in [1.29, 1.82) is 0 Å². The van der Waals surface area contributed by atoms with Gasteiger partial charge in [-0.25, -0.2) is 9.97 Å². The first kappa shape index (κ1) is 34.9. The molecular formula is C37H42N2O8S2. The molecule has 2 atom stereocenters. The summed E-state index contributed by atoms with van der Waals surface area (Å²) in [6.45, 7) is 3.84. The van der Waals surface area contributed by atoms with Crippen LogP contribution in [-0.4, -0.2) is 48.1 Å². The number of thiazole rings is 2. The molecule has 6 rings (SSSR count). The van der Waals surface area contributed by atoms with Crippen molar-refractivity contribution in [3.8, 4) is 10.0 Å². The Hall–Kier alpha value is -3.90. The van der Waals surface area contributed by atoms with E-state index in [1.54, 1.807) is 11.3 Å². The molecule has 49 heavy (non-hydrogen) atoms. The maximum Gasteiger partial charge on any atom is 0.309 e. The summed E-state index contributed by atoms with van der Waals surface area (Å²) in [4.78, 5) is 60.6. The first-order chi connectivity index (χ1) is 23.7. The van der Waals surface area contributed by atoms with Crippen LogP contribution in [0.2, 0.25) is 0 Å². The minimum atomic E-state index is -0.583. The Morgan fingerprint density at radius 1 is 0.694 bits per heavy atom. The predicted molar refractivity (Wildman–Crippen MR) is 187 cm³/mol. The molecule has 2 unspecified atom stereocenters. The standard InChI is InChI=1S/C37H42N2O8S2/c1-5-28(47-37(43)24-16-12-22(13-17-24)35(41)45-4)26-19-18-25(20(2)46-36(42)23-14-10-21(11-15-23)34(40)44-3)30-31(26)49-33(39-30)32-38-27-8-6-7-9-29(27)48-32/h6-9,18-24,28H,5,10-17H2,1-4H3. The van der Waals surface area contributed by atoms with Crippen LogP contribution in [0.1, 0.15) is 95.0 Å². The van der Waals surface area contributed by atoms with Gasteiger partial charge < -0.3 is 18.9 Å². The molecule has 0 aliphatic heterocycles. The fraction of sp³-hybridized carbons (Fsp3) is 0.514. The molecule has 2 aliphatic rings. The topological polar surface area (TPSA) is 131 Å². The number of esters is 4.